The summed E-state index contributed by atoms with van der Waals surface area (Å²) in [5.74, 6) is 1.95. The third kappa shape index (κ3) is 9.49. The van der Waals surface area contributed by atoms with Gasteiger partial charge in [0.25, 0.3) is 0 Å². The molecule has 1 aliphatic rings. The van der Waals surface area contributed by atoms with Crippen LogP contribution in [0.3, 0.4) is 0 Å². The van der Waals surface area contributed by atoms with E-state index in [1.165, 1.54) is 37.0 Å². The lowest BCUT2D eigenvalue weighted by Gasteiger charge is -2.30. The van der Waals surface area contributed by atoms with E-state index in [-0.39, 0.29) is 36.4 Å². The number of benzene rings is 1. The lowest BCUT2D eigenvalue weighted by atomic mass is 9.95. The highest BCUT2D eigenvalue weighted by molar-refractivity contribution is 14.0. The van der Waals surface area contributed by atoms with Crippen LogP contribution >= 0.6 is 35.7 Å². The van der Waals surface area contributed by atoms with E-state index in [0.717, 1.165) is 24.2 Å². The maximum atomic E-state index is 11.9. The SMILES string of the molecule is CCSC1CCCC(NC(=NCC(=O)N(C)C)NCCc2ccccc2)C1.I. The second kappa shape index (κ2) is 14.1. The highest BCUT2D eigenvalue weighted by atomic mass is 127. The second-order valence-corrected chi connectivity index (χ2v) is 8.78. The van der Waals surface area contributed by atoms with Crippen LogP contribution in [0.5, 0.6) is 0 Å². The Bertz CT molecular complexity index is 595. The Hall–Kier alpha value is -0.960. The van der Waals surface area contributed by atoms with Crippen molar-refractivity contribution in [3.63, 3.8) is 0 Å². The third-order valence-corrected chi connectivity index (χ3v) is 6.02. The number of hydrogen-bond donors (Lipinski definition) is 2. The van der Waals surface area contributed by atoms with E-state index in [1.807, 2.05) is 6.07 Å². The van der Waals surface area contributed by atoms with Gasteiger partial charge in [-0.1, -0.05) is 43.7 Å². The zero-order chi connectivity index (χ0) is 19.5. The molecule has 2 rings (SSSR count). The molecule has 1 amide bonds. The van der Waals surface area contributed by atoms with Crippen molar-refractivity contribution in [2.75, 3.05) is 32.9 Å². The van der Waals surface area contributed by atoms with Crippen molar-refractivity contribution in [1.82, 2.24) is 15.5 Å². The Morgan fingerprint density at radius 2 is 2.00 bits per heavy atom. The first kappa shape index (κ1) is 25.1. The fourth-order valence-electron chi connectivity index (χ4n) is 3.27. The summed E-state index contributed by atoms with van der Waals surface area (Å²) in [4.78, 5) is 18.1. The van der Waals surface area contributed by atoms with E-state index in [0.29, 0.717) is 6.04 Å². The fourth-order valence-corrected chi connectivity index (χ4v) is 4.44. The van der Waals surface area contributed by atoms with Crippen molar-refractivity contribution in [2.24, 2.45) is 4.99 Å². The van der Waals surface area contributed by atoms with E-state index < -0.39 is 0 Å². The molecule has 0 saturated heterocycles. The van der Waals surface area contributed by atoms with Crippen molar-refractivity contribution in [3.05, 3.63) is 35.9 Å². The summed E-state index contributed by atoms with van der Waals surface area (Å²) in [6, 6.07) is 10.9. The minimum absolute atomic E-state index is 0. The van der Waals surface area contributed by atoms with Gasteiger partial charge in [-0.15, -0.1) is 24.0 Å². The summed E-state index contributed by atoms with van der Waals surface area (Å²) in [5, 5.41) is 7.73. The van der Waals surface area contributed by atoms with Crippen molar-refractivity contribution < 1.29 is 4.79 Å². The second-order valence-electron chi connectivity index (χ2n) is 7.20. The molecule has 1 aliphatic carbocycles. The number of thioether (sulfide) groups is 1. The number of hydrogen-bond acceptors (Lipinski definition) is 3. The average molecular weight is 519 g/mol. The topological polar surface area (TPSA) is 56.7 Å². The number of guanidine groups is 1. The molecule has 5 nitrogen and oxygen atoms in total. The maximum absolute atomic E-state index is 11.9. The van der Waals surface area contributed by atoms with Crippen LogP contribution in [0.1, 0.15) is 38.2 Å². The molecule has 1 fully saturated rings. The summed E-state index contributed by atoms with van der Waals surface area (Å²) in [6.07, 6.45) is 5.83. The van der Waals surface area contributed by atoms with Crippen LogP contribution in [0.15, 0.2) is 35.3 Å². The first-order valence-corrected chi connectivity index (χ1v) is 11.0. The fraction of sp³-hybridized carbons (Fsp3) is 0.619. The molecule has 0 spiro atoms. The number of amides is 1. The van der Waals surface area contributed by atoms with Crippen LogP contribution < -0.4 is 10.6 Å². The molecule has 0 aromatic heterocycles. The molecule has 2 unspecified atom stereocenters. The standard InChI is InChI=1S/C21H34N4OS.HI/c1-4-27-19-12-8-11-18(15-19)24-21(23-16-20(26)25(2)3)22-14-13-17-9-6-5-7-10-17;/h5-7,9-10,18-19H,4,8,11-16H2,1-3H3,(H2,22,23,24);1H. The zero-order valence-electron chi connectivity index (χ0n) is 17.3. The predicted molar refractivity (Wildman–Crippen MR) is 132 cm³/mol. The molecule has 7 heteroatoms. The molecule has 1 aromatic rings. The highest BCUT2D eigenvalue weighted by Crippen LogP contribution is 2.28. The number of nitrogens with zero attached hydrogens (tertiary/aromatic N) is 2. The number of carbonyl (C=O) groups is 1. The van der Waals surface area contributed by atoms with Crippen molar-refractivity contribution in [1.29, 1.82) is 0 Å². The quantitative estimate of drug-likeness (QED) is 0.314. The molecular weight excluding hydrogens is 483 g/mol. The van der Waals surface area contributed by atoms with E-state index in [9.17, 15) is 4.79 Å². The molecule has 2 N–H and O–H groups in total. The smallest absolute Gasteiger partial charge is 0.243 e. The first-order chi connectivity index (χ1) is 13.1. The van der Waals surface area contributed by atoms with Gasteiger partial charge in [-0.2, -0.15) is 11.8 Å². The number of halogens is 1. The van der Waals surface area contributed by atoms with Crippen LogP contribution in [0, 0.1) is 0 Å². The maximum Gasteiger partial charge on any atom is 0.243 e. The van der Waals surface area contributed by atoms with Gasteiger partial charge in [-0.3, -0.25) is 4.79 Å². The van der Waals surface area contributed by atoms with Crippen LogP contribution in [-0.4, -0.2) is 61.0 Å². The van der Waals surface area contributed by atoms with Crippen molar-refractivity contribution in [2.45, 2.75) is 50.3 Å². The molecule has 0 bridgehead atoms. The summed E-state index contributed by atoms with van der Waals surface area (Å²) in [6.45, 7) is 3.20. The third-order valence-electron chi connectivity index (χ3n) is 4.79. The monoisotopic (exact) mass is 518 g/mol. The van der Waals surface area contributed by atoms with Gasteiger partial charge in [0.05, 0.1) is 0 Å². The lowest BCUT2D eigenvalue weighted by Crippen LogP contribution is -2.46. The Morgan fingerprint density at radius 1 is 1.25 bits per heavy atom. The molecule has 158 valence electrons. The van der Waals surface area contributed by atoms with E-state index in [2.05, 4.69) is 58.6 Å². The van der Waals surface area contributed by atoms with E-state index >= 15 is 0 Å². The van der Waals surface area contributed by atoms with Crippen LogP contribution in [-0.2, 0) is 11.2 Å². The van der Waals surface area contributed by atoms with Crippen molar-refractivity contribution >= 4 is 47.6 Å². The van der Waals surface area contributed by atoms with Gasteiger partial charge in [0.1, 0.15) is 6.54 Å². The van der Waals surface area contributed by atoms with E-state index in [1.54, 1.807) is 19.0 Å². The highest BCUT2D eigenvalue weighted by Gasteiger charge is 2.22. The summed E-state index contributed by atoms with van der Waals surface area (Å²) >= 11 is 2.06. The van der Waals surface area contributed by atoms with Gasteiger partial charge >= 0.3 is 0 Å². The minimum Gasteiger partial charge on any atom is -0.356 e. The van der Waals surface area contributed by atoms with Gasteiger partial charge in [-0.25, -0.2) is 4.99 Å². The van der Waals surface area contributed by atoms with Crippen LogP contribution in [0.25, 0.3) is 0 Å². The zero-order valence-corrected chi connectivity index (χ0v) is 20.5. The molecule has 1 aromatic carbocycles. The van der Waals surface area contributed by atoms with Crippen LogP contribution in [0.2, 0.25) is 0 Å². The first-order valence-electron chi connectivity index (χ1n) is 9.99. The Kier molecular flexibility index (Phi) is 12.6. The lowest BCUT2D eigenvalue weighted by molar-refractivity contribution is -0.127. The van der Waals surface area contributed by atoms with Gasteiger partial charge < -0.3 is 15.5 Å². The largest absolute Gasteiger partial charge is 0.356 e. The Labute approximate surface area is 191 Å². The van der Waals surface area contributed by atoms with Gasteiger partial charge in [0, 0.05) is 31.9 Å². The van der Waals surface area contributed by atoms with Crippen LogP contribution in [0.4, 0.5) is 0 Å². The van der Waals surface area contributed by atoms with Crippen molar-refractivity contribution in [3.8, 4) is 0 Å². The summed E-state index contributed by atoms with van der Waals surface area (Å²) in [7, 11) is 3.53. The molecule has 0 aliphatic heterocycles. The van der Waals surface area contributed by atoms with Gasteiger partial charge in [-0.05, 0) is 37.0 Å². The number of carbonyl (C=O) groups excluding carboxylic acids is 1. The molecule has 0 radical (unpaired) electrons. The normalized spacial score (nSPS) is 19.5. The molecule has 28 heavy (non-hydrogen) atoms. The molecule has 0 heterocycles. The van der Waals surface area contributed by atoms with E-state index in [4.69, 9.17) is 0 Å². The average Bonchev–Trinajstić information content (AvgIpc) is 2.67. The molecule has 1 saturated carbocycles. The number of likely N-dealkylation sites (N-methyl/N-ethyl adjacent to an activating group) is 1. The number of rotatable bonds is 8. The van der Waals surface area contributed by atoms with Gasteiger partial charge in [0.2, 0.25) is 5.91 Å². The Morgan fingerprint density at radius 3 is 2.68 bits per heavy atom. The summed E-state index contributed by atoms with van der Waals surface area (Å²) in [5.41, 5.74) is 1.30. The molecule has 2 atom stereocenters. The van der Waals surface area contributed by atoms with Gasteiger partial charge in [0.15, 0.2) is 5.96 Å². The Balaban J connectivity index is 0.00000392. The predicted octanol–water partition coefficient (Wildman–Crippen LogP) is 3.53. The minimum atomic E-state index is 0. The molecular formula is C21H35IN4OS. The number of aliphatic imine (C=N–C) groups is 1. The summed E-state index contributed by atoms with van der Waals surface area (Å²) < 4.78 is 0. The number of nitrogens with one attached hydrogen (secondary N) is 2.